The summed E-state index contributed by atoms with van der Waals surface area (Å²) < 4.78 is 50.8. The summed E-state index contributed by atoms with van der Waals surface area (Å²) in [7, 11) is 0. The molecule has 5 nitrogen and oxygen atoms in total. The zero-order valence-corrected chi connectivity index (χ0v) is 18.8. The Kier molecular flexibility index (Phi) is 8.09. The maximum absolute atomic E-state index is 13.1. The van der Waals surface area contributed by atoms with E-state index in [-0.39, 0.29) is 12.2 Å². The van der Waals surface area contributed by atoms with Gasteiger partial charge in [-0.05, 0) is 56.2 Å². The third-order valence-corrected chi connectivity index (χ3v) is 6.54. The molecule has 8 heteroatoms. The quantitative estimate of drug-likeness (QED) is 0.527. The molecule has 33 heavy (non-hydrogen) atoms. The highest BCUT2D eigenvalue weighted by Gasteiger charge is 2.32. The van der Waals surface area contributed by atoms with Gasteiger partial charge in [0.25, 0.3) is 0 Å². The molecule has 3 heterocycles. The van der Waals surface area contributed by atoms with Crippen molar-refractivity contribution >= 4 is 5.69 Å². The van der Waals surface area contributed by atoms with E-state index in [9.17, 15) is 13.2 Å². The van der Waals surface area contributed by atoms with Gasteiger partial charge in [0, 0.05) is 31.8 Å². The van der Waals surface area contributed by atoms with Crippen LogP contribution in [-0.2, 0) is 17.5 Å². The first kappa shape index (κ1) is 23.8. The second-order valence-electron chi connectivity index (χ2n) is 8.91. The molecule has 0 radical (unpaired) electrons. The van der Waals surface area contributed by atoms with Crippen LogP contribution < -0.4 is 15.0 Å². The third kappa shape index (κ3) is 6.84. The zero-order chi connectivity index (χ0) is 23.1. The van der Waals surface area contributed by atoms with Crippen molar-refractivity contribution in [1.29, 1.82) is 0 Å². The summed E-state index contributed by atoms with van der Waals surface area (Å²) >= 11 is 0. The van der Waals surface area contributed by atoms with Crippen LogP contribution in [0.5, 0.6) is 5.75 Å². The van der Waals surface area contributed by atoms with Crippen molar-refractivity contribution in [3.63, 3.8) is 0 Å². The van der Waals surface area contributed by atoms with E-state index >= 15 is 0 Å². The van der Waals surface area contributed by atoms with Gasteiger partial charge in [-0.1, -0.05) is 18.2 Å². The highest BCUT2D eigenvalue weighted by Crippen LogP contribution is 2.32. The van der Waals surface area contributed by atoms with Gasteiger partial charge in [-0.25, -0.2) is 0 Å². The van der Waals surface area contributed by atoms with Crippen molar-refractivity contribution in [2.24, 2.45) is 5.92 Å². The van der Waals surface area contributed by atoms with Crippen LogP contribution in [-0.4, -0.2) is 43.9 Å². The van der Waals surface area contributed by atoms with Crippen LogP contribution in [0.15, 0.2) is 42.7 Å². The minimum Gasteiger partial charge on any atom is -0.490 e. The van der Waals surface area contributed by atoms with E-state index in [4.69, 9.17) is 9.47 Å². The molecule has 0 spiro atoms. The Labute approximate surface area is 193 Å². The number of nitrogens with one attached hydrogen (secondary N) is 1. The van der Waals surface area contributed by atoms with Crippen molar-refractivity contribution in [1.82, 2.24) is 10.3 Å². The van der Waals surface area contributed by atoms with Crippen molar-refractivity contribution in [2.45, 2.75) is 50.9 Å². The van der Waals surface area contributed by atoms with E-state index in [2.05, 4.69) is 21.3 Å². The lowest BCUT2D eigenvalue weighted by atomic mass is 9.93. The number of halogens is 3. The Morgan fingerprint density at radius 1 is 1.09 bits per heavy atom. The first-order chi connectivity index (χ1) is 16.0. The molecule has 2 saturated heterocycles. The summed E-state index contributed by atoms with van der Waals surface area (Å²) in [6, 6.07) is 8.10. The maximum Gasteiger partial charge on any atom is 0.416 e. The van der Waals surface area contributed by atoms with Gasteiger partial charge in [0.1, 0.15) is 12.4 Å². The summed E-state index contributed by atoms with van der Waals surface area (Å²) in [6.45, 7) is 4.04. The summed E-state index contributed by atoms with van der Waals surface area (Å²) in [5, 5.41) is 3.43. The molecule has 1 aromatic heterocycles. The van der Waals surface area contributed by atoms with E-state index in [1.807, 2.05) is 6.20 Å². The number of piperidine rings is 1. The first-order valence-electron chi connectivity index (χ1n) is 11.8. The second kappa shape index (κ2) is 11.2. The SMILES string of the molecule is FC(F)(F)c1ccccc1COCCC1CCN(c2cncc(OCC3CCCN3)c2)CC1. The molecule has 2 fully saturated rings. The van der Waals surface area contributed by atoms with E-state index in [0.717, 1.165) is 62.8 Å². The van der Waals surface area contributed by atoms with Gasteiger partial charge in [-0.3, -0.25) is 4.98 Å². The molecule has 1 aromatic carbocycles. The van der Waals surface area contributed by atoms with E-state index in [0.29, 0.717) is 25.2 Å². The molecule has 4 rings (SSSR count). The lowest BCUT2D eigenvalue weighted by Gasteiger charge is -2.33. The summed E-state index contributed by atoms with van der Waals surface area (Å²) in [4.78, 5) is 6.67. The molecular formula is C25H32F3N3O2. The molecule has 1 N–H and O–H groups in total. The Morgan fingerprint density at radius 2 is 1.91 bits per heavy atom. The van der Waals surface area contributed by atoms with Crippen molar-refractivity contribution in [3.8, 4) is 5.75 Å². The number of nitrogens with zero attached hydrogens (tertiary/aromatic N) is 2. The molecule has 2 aromatic rings. The summed E-state index contributed by atoms with van der Waals surface area (Å²) in [5.41, 5.74) is 0.654. The second-order valence-corrected chi connectivity index (χ2v) is 8.91. The highest BCUT2D eigenvalue weighted by molar-refractivity contribution is 5.48. The number of anilines is 1. The number of hydrogen-bond acceptors (Lipinski definition) is 5. The van der Waals surface area contributed by atoms with Gasteiger partial charge in [0.2, 0.25) is 0 Å². The average Bonchev–Trinajstić information content (AvgIpc) is 3.35. The maximum atomic E-state index is 13.1. The first-order valence-corrected chi connectivity index (χ1v) is 11.8. The van der Waals surface area contributed by atoms with Gasteiger partial charge in [-0.2, -0.15) is 13.2 Å². The molecule has 1 atom stereocenters. The van der Waals surface area contributed by atoms with E-state index in [1.54, 1.807) is 12.3 Å². The fourth-order valence-corrected chi connectivity index (χ4v) is 4.59. The number of alkyl halides is 3. The van der Waals surface area contributed by atoms with Gasteiger partial charge in [0.05, 0.1) is 30.3 Å². The van der Waals surface area contributed by atoms with Crippen LogP contribution >= 0.6 is 0 Å². The third-order valence-electron chi connectivity index (χ3n) is 6.54. The van der Waals surface area contributed by atoms with Crippen LogP contribution in [0.25, 0.3) is 0 Å². The van der Waals surface area contributed by atoms with Crippen molar-refractivity contribution in [2.75, 3.05) is 37.7 Å². The molecule has 2 aliphatic rings. The Hall–Kier alpha value is -2.32. The van der Waals surface area contributed by atoms with Crippen molar-refractivity contribution in [3.05, 3.63) is 53.9 Å². The number of rotatable bonds is 9. The normalized spacial score (nSPS) is 19.7. The minimum absolute atomic E-state index is 0.0105. The number of aromatic nitrogens is 1. The zero-order valence-electron chi connectivity index (χ0n) is 18.8. The average molecular weight is 464 g/mol. The fourth-order valence-electron chi connectivity index (χ4n) is 4.59. The Morgan fingerprint density at radius 3 is 2.67 bits per heavy atom. The summed E-state index contributed by atoms with van der Waals surface area (Å²) in [5.74, 6) is 1.32. The Bertz CT molecular complexity index is 879. The minimum atomic E-state index is -4.35. The standard InChI is InChI=1S/C25H32F3N3O2/c26-25(27,28)24-6-2-1-4-20(24)17-32-13-9-19-7-11-31(12-8-19)22-14-23(16-29-15-22)33-18-21-5-3-10-30-21/h1-2,4,6,14-16,19,21,30H,3,5,7-13,17-18H2. The van der Waals surface area contributed by atoms with Crippen LogP contribution in [0, 0.1) is 5.92 Å². The van der Waals surface area contributed by atoms with Gasteiger partial charge < -0.3 is 19.7 Å². The number of benzene rings is 1. The number of pyridine rings is 1. The molecule has 2 aliphatic heterocycles. The smallest absolute Gasteiger partial charge is 0.416 e. The monoisotopic (exact) mass is 463 g/mol. The molecule has 0 bridgehead atoms. The van der Waals surface area contributed by atoms with Crippen LogP contribution in [0.2, 0.25) is 0 Å². The molecule has 0 aliphatic carbocycles. The molecular weight excluding hydrogens is 431 g/mol. The topological polar surface area (TPSA) is 46.6 Å². The van der Waals surface area contributed by atoms with Crippen molar-refractivity contribution < 1.29 is 22.6 Å². The predicted molar refractivity (Wildman–Crippen MR) is 121 cm³/mol. The lowest BCUT2D eigenvalue weighted by molar-refractivity contribution is -0.138. The molecule has 0 saturated carbocycles. The predicted octanol–water partition coefficient (Wildman–Crippen LogP) is 5.05. The van der Waals surface area contributed by atoms with Gasteiger partial charge in [-0.15, -0.1) is 0 Å². The largest absolute Gasteiger partial charge is 0.490 e. The van der Waals surface area contributed by atoms with Crippen LogP contribution in [0.4, 0.5) is 18.9 Å². The molecule has 1 unspecified atom stereocenters. The summed E-state index contributed by atoms with van der Waals surface area (Å²) in [6.07, 6.45) is 4.56. The number of hydrogen-bond donors (Lipinski definition) is 1. The van der Waals surface area contributed by atoms with Crippen LogP contribution in [0.1, 0.15) is 43.2 Å². The highest BCUT2D eigenvalue weighted by atomic mass is 19.4. The van der Waals surface area contributed by atoms with E-state index < -0.39 is 11.7 Å². The fraction of sp³-hybridized carbons (Fsp3) is 0.560. The van der Waals surface area contributed by atoms with Crippen LogP contribution in [0.3, 0.4) is 0 Å². The Balaban J connectivity index is 1.18. The lowest BCUT2D eigenvalue weighted by Crippen LogP contribution is -2.34. The molecule has 0 amide bonds. The molecule has 180 valence electrons. The van der Waals surface area contributed by atoms with Gasteiger partial charge >= 0.3 is 6.18 Å². The number of ether oxygens (including phenoxy) is 2. The van der Waals surface area contributed by atoms with E-state index in [1.165, 1.54) is 18.6 Å². The van der Waals surface area contributed by atoms with Gasteiger partial charge in [0.15, 0.2) is 0 Å².